The number of aliphatic hydroxyl groups is 1. The van der Waals surface area contributed by atoms with Crippen LogP contribution in [-0.4, -0.2) is 53.7 Å². The van der Waals surface area contributed by atoms with Crippen LogP contribution in [0.5, 0.6) is 0 Å². The molecule has 4 aromatic rings. The molecule has 0 aromatic heterocycles. The number of benzene rings is 4. The number of carbonyl (C=O) groups is 1. The third-order valence-electron chi connectivity index (χ3n) is 7.52. The highest BCUT2D eigenvalue weighted by molar-refractivity contribution is 7.89. The quantitative estimate of drug-likeness (QED) is 0.165. The molecule has 0 bridgehead atoms. The van der Waals surface area contributed by atoms with Crippen LogP contribution in [0.1, 0.15) is 47.8 Å². The van der Waals surface area contributed by atoms with Crippen molar-refractivity contribution in [3.8, 4) is 0 Å². The van der Waals surface area contributed by atoms with Crippen molar-refractivity contribution in [2.24, 2.45) is 5.92 Å². The zero-order chi connectivity index (χ0) is 30.8. The predicted octanol–water partition coefficient (Wildman–Crippen LogP) is 6.21. The highest BCUT2D eigenvalue weighted by Crippen LogP contribution is 2.24. The van der Waals surface area contributed by atoms with E-state index in [-0.39, 0.29) is 35.7 Å². The van der Waals surface area contributed by atoms with Crippen molar-refractivity contribution < 1.29 is 18.3 Å². The summed E-state index contributed by atoms with van der Waals surface area (Å²) in [6, 6.07) is 36.0. The minimum Gasteiger partial charge on any atom is -0.390 e. The molecular formula is C36H42N2O4S. The summed E-state index contributed by atoms with van der Waals surface area (Å²) in [4.78, 5) is 14.1. The maximum Gasteiger partial charge on any atom is 0.243 e. The third-order valence-corrected chi connectivity index (χ3v) is 9.36. The van der Waals surface area contributed by atoms with Crippen LogP contribution in [0.25, 0.3) is 0 Å². The average molecular weight is 599 g/mol. The van der Waals surface area contributed by atoms with Gasteiger partial charge >= 0.3 is 0 Å². The molecule has 0 aliphatic carbocycles. The Morgan fingerprint density at radius 3 is 1.60 bits per heavy atom. The van der Waals surface area contributed by atoms with Crippen molar-refractivity contribution in [3.63, 3.8) is 0 Å². The van der Waals surface area contributed by atoms with Crippen LogP contribution in [0.4, 0.5) is 0 Å². The van der Waals surface area contributed by atoms with E-state index in [0.29, 0.717) is 25.1 Å². The molecule has 0 fully saturated rings. The fourth-order valence-electron chi connectivity index (χ4n) is 5.31. The Balaban J connectivity index is 1.70. The largest absolute Gasteiger partial charge is 0.390 e. The second kappa shape index (κ2) is 15.2. The molecule has 2 atom stereocenters. The van der Waals surface area contributed by atoms with Crippen LogP contribution < -0.4 is 0 Å². The van der Waals surface area contributed by atoms with E-state index >= 15 is 0 Å². The standard InChI is InChI=1S/C36H42N2O4S/c1-28(2)24-38(43(41,42)34-21-19-33(20-22-34)29(3)39)27-36(40)35(23-30-13-7-4-8-14-30)37(25-31-15-9-5-10-16-31)26-32-17-11-6-12-18-32/h4-22,28,35-36,40H,23-27H2,1-3H3/t35-,36+/m0/s1. The van der Waals surface area contributed by atoms with Gasteiger partial charge in [0.2, 0.25) is 10.0 Å². The van der Waals surface area contributed by atoms with E-state index in [1.165, 1.54) is 23.4 Å². The van der Waals surface area contributed by atoms with Crippen LogP contribution in [0, 0.1) is 5.92 Å². The fourth-order valence-corrected chi connectivity index (χ4v) is 6.93. The average Bonchev–Trinajstić information content (AvgIpc) is 3.00. The Kier molecular flexibility index (Phi) is 11.4. The van der Waals surface area contributed by atoms with E-state index in [2.05, 4.69) is 29.2 Å². The van der Waals surface area contributed by atoms with Gasteiger partial charge in [-0.3, -0.25) is 9.69 Å². The molecule has 0 spiro atoms. The predicted molar refractivity (Wildman–Crippen MR) is 172 cm³/mol. The Morgan fingerprint density at radius 1 is 0.698 bits per heavy atom. The molecule has 0 amide bonds. The number of sulfonamides is 1. The zero-order valence-corrected chi connectivity index (χ0v) is 26.0. The first-order chi connectivity index (χ1) is 20.6. The van der Waals surface area contributed by atoms with Gasteiger partial charge in [0, 0.05) is 37.8 Å². The summed E-state index contributed by atoms with van der Waals surface area (Å²) in [6.07, 6.45) is -0.442. The monoisotopic (exact) mass is 598 g/mol. The minimum atomic E-state index is -3.94. The number of Topliss-reactive ketones (excluding diaryl/α,β-unsaturated/α-hetero) is 1. The second-order valence-electron chi connectivity index (χ2n) is 11.5. The maximum absolute atomic E-state index is 13.9. The molecule has 4 rings (SSSR count). The summed E-state index contributed by atoms with van der Waals surface area (Å²) >= 11 is 0. The van der Waals surface area contributed by atoms with Gasteiger partial charge in [0.1, 0.15) is 0 Å². The van der Waals surface area contributed by atoms with Crippen molar-refractivity contribution in [2.45, 2.75) is 57.3 Å². The molecule has 0 unspecified atom stereocenters. The van der Waals surface area contributed by atoms with Gasteiger partial charge in [0.25, 0.3) is 0 Å². The molecule has 0 aliphatic heterocycles. The minimum absolute atomic E-state index is 0.0378. The zero-order valence-electron chi connectivity index (χ0n) is 25.2. The first kappa shape index (κ1) is 32.3. The van der Waals surface area contributed by atoms with Crippen LogP contribution in [-0.2, 0) is 29.5 Å². The van der Waals surface area contributed by atoms with Gasteiger partial charge in [-0.2, -0.15) is 4.31 Å². The van der Waals surface area contributed by atoms with Crippen LogP contribution in [0.2, 0.25) is 0 Å². The lowest BCUT2D eigenvalue weighted by atomic mass is 9.97. The summed E-state index contributed by atoms with van der Waals surface area (Å²) in [7, 11) is -3.94. The van der Waals surface area contributed by atoms with Crippen molar-refractivity contribution in [1.82, 2.24) is 9.21 Å². The first-order valence-corrected chi connectivity index (χ1v) is 16.2. The molecule has 43 heavy (non-hydrogen) atoms. The molecule has 226 valence electrons. The summed E-state index contributed by atoms with van der Waals surface area (Å²) in [5.74, 6) is -0.0881. The second-order valence-corrected chi connectivity index (χ2v) is 13.4. The van der Waals surface area contributed by atoms with Crippen LogP contribution in [0.3, 0.4) is 0 Å². The molecule has 0 saturated heterocycles. The smallest absolute Gasteiger partial charge is 0.243 e. The normalized spacial score (nSPS) is 13.4. The van der Waals surface area contributed by atoms with Gasteiger partial charge in [-0.05, 0) is 48.1 Å². The molecule has 0 radical (unpaired) electrons. The number of ketones is 1. The van der Waals surface area contributed by atoms with Gasteiger partial charge in [-0.15, -0.1) is 0 Å². The van der Waals surface area contributed by atoms with E-state index in [1.54, 1.807) is 12.1 Å². The van der Waals surface area contributed by atoms with Gasteiger partial charge in [0.15, 0.2) is 5.78 Å². The summed E-state index contributed by atoms with van der Waals surface area (Å²) in [5, 5.41) is 12.0. The lowest BCUT2D eigenvalue weighted by molar-refractivity contribution is 0.0273. The van der Waals surface area contributed by atoms with Crippen molar-refractivity contribution in [2.75, 3.05) is 13.1 Å². The number of nitrogens with zero attached hydrogens (tertiary/aromatic N) is 2. The Morgan fingerprint density at radius 2 is 1.16 bits per heavy atom. The van der Waals surface area contributed by atoms with Gasteiger partial charge in [-0.25, -0.2) is 8.42 Å². The van der Waals surface area contributed by atoms with Crippen molar-refractivity contribution >= 4 is 15.8 Å². The van der Waals surface area contributed by atoms with Crippen LogP contribution >= 0.6 is 0 Å². The maximum atomic E-state index is 13.9. The van der Waals surface area contributed by atoms with Gasteiger partial charge in [0.05, 0.1) is 11.0 Å². The number of carbonyl (C=O) groups excluding carboxylic acids is 1. The lowest BCUT2D eigenvalue weighted by Gasteiger charge is -2.37. The number of hydrogen-bond donors (Lipinski definition) is 1. The summed E-state index contributed by atoms with van der Waals surface area (Å²) in [5.41, 5.74) is 3.74. The fraction of sp³-hybridized carbons (Fsp3) is 0.306. The van der Waals surface area contributed by atoms with Gasteiger partial charge < -0.3 is 5.11 Å². The first-order valence-electron chi connectivity index (χ1n) is 14.8. The summed E-state index contributed by atoms with van der Waals surface area (Å²) < 4.78 is 29.3. The topological polar surface area (TPSA) is 77.9 Å². The van der Waals surface area contributed by atoms with E-state index in [0.717, 1.165) is 16.7 Å². The van der Waals surface area contributed by atoms with E-state index < -0.39 is 16.1 Å². The Bertz CT molecular complexity index is 1490. The molecule has 0 aliphatic rings. The molecule has 0 heterocycles. The molecule has 0 saturated carbocycles. The van der Waals surface area contributed by atoms with Crippen LogP contribution in [0.15, 0.2) is 120 Å². The molecule has 6 nitrogen and oxygen atoms in total. The van der Waals surface area contributed by atoms with Gasteiger partial charge in [-0.1, -0.05) is 117 Å². The number of rotatable bonds is 15. The SMILES string of the molecule is CC(=O)c1ccc(S(=O)(=O)N(CC(C)C)C[C@@H](O)[C@H](Cc2ccccc2)N(Cc2ccccc2)Cc2ccccc2)cc1. The highest BCUT2D eigenvalue weighted by Gasteiger charge is 2.33. The summed E-state index contributed by atoms with van der Waals surface area (Å²) in [6.45, 7) is 6.75. The number of hydrogen-bond acceptors (Lipinski definition) is 5. The molecule has 4 aromatic carbocycles. The Labute approximate surface area is 256 Å². The van der Waals surface area contributed by atoms with E-state index in [4.69, 9.17) is 0 Å². The van der Waals surface area contributed by atoms with E-state index in [1.807, 2.05) is 80.6 Å². The number of aliphatic hydroxyl groups excluding tert-OH is 1. The molecule has 7 heteroatoms. The molecular weight excluding hydrogens is 556 g/mol. The lowest BCUT2D eigenvalue weighted by Crippen LogP contribution is -2.50. The molecule has 1 N–H and O–H groups in total. The van der Waals surface area contributed by atoms with Crippen molar-refractivity contribution in [3.05, 3.63) is 138 Å². The van der Waals surface area contributed by atoms with E-state index in [9.17, 15) is 18.3 Å². The highest BCUT2D eigenvalue weighted by atomic mass is 32.2. The van der Waals surface area contributed by atoms with Crippen molar-refractivity contribution in [1.29, 1.82) is 0 Å². The third kappa shape index (κ3) is 9.18. The Hall–Kier alpha value is -3.62.